The van der Waals surface area contributed by atoms with E-state index >= 15 is 0 Å². The monoisotopic (exact) mass is 466 g/mol. The minimum atomic E-state index is -3.63. The molecule has 0 N–H and O–H groups in total. The van der Waals surface area contributed by atoms with Crippen LogP contribution in [0.2, 0.25) is 0 Å². The number of aromatic nitrogens is 2. The highest BCUT2D eigenvalue weighted by atomic mass is 32.2. The zero-order valence-corrected chi connectivity index (χ0v) is 19.2. The van der Waals surface area contributed by atoms with Crippen LogP contribution in [0.25, 0.3) is 0 Å². The van der Waals surface area contributed by atoms with Crippen LogP contribution in [0, 0.1) is 6.92 Å². The standard InChI is InChI=1S/C24H26N4O4S/c1-19-8-10-21(11-9-19)33(31,32)27-15-5-14-26(16-17-27)24(30)22-12-13-23(29)28(25-22)18-20-6-3-2-4-7-20/h2-4,6-13H,5,14-18H2,1H3. The van der Waals surface area contributed by atoms with Gasteiger partial charge in [-0.05, 0) is 37.1 Å². The number of rotatable bonds is 5. The molecule has 0 aliphatic carbocycles. The number of benzene rings is 2. The maximum atomic E-state index is 13.1. The van der Waals surface area contributed by atoms with E-state index in [1.165, 1.54) is 21.1 Å². The van der Waals surface area contributed by atoms with Crippen molar-refractivity contribution in [3.63, 3.8) is 0 Å². The highest BCUT2D eigenvalue weighted by Crippen LogP contribution is 2.19. The number of aryl methyl sites for hydroxylation is 1. The summed E-state index contributed by atoms with van der Waals surface area (Å²) in [4.78, 5) is 27.2. The average Bonchev–Trinajstić information content (AvgIpc) is 3.08. The van der Waals surface area contributed by atoms with E-state index in [1.54, 1.807) is 29.2 Å². The van der Waals surface area contributed by atoms with Crippen molar-refractivity contribution in [3.8, 4) is 0 Å². The third kappa shape index (κ3) is 5.20. The quantitative estimate of drug-likeness (QED) is 0.574. The van der Waals surface area contributed by atoms with E-state index in [0.29, 0.717) is 19.5 Å². The van der Waals surface area contributed by atoms with Gasteiger partial charge in [-0.3, -0.25) is 9.59 Å². The van der Waals surface area contributed by atoms with E-state index in [2.05, 4.69) is 5.10 Å². The summed E-state index contributed by atoms with van der Waals surface area (Å²) in [7, 11) is -3.63. The molecule has 9 heteroatoms. The first-order valence-electron chi connectivity index (χ1n) is 10.8. The van der Waals surface area contributed by atoms with Gasteiger partial charge in [0, 0.05) is 32.2 Å². The lowest BCUT2D eigenvalue weighted by Crippen LogP contribution is -2.38. The van der Waals surface area contributed by atoms with E-state index in [1.807, 2.05) is 37.3 Å². The molecular weight excluding hydrogens is 440 g/mol. The lowest BCUT2D eigenvalue weighted by atomic mass is 10.2. The van der Waals surface area contributed by atoms with Gasteiger partial charge in [0.2, 0.25) is 10.0 Å². The topological polar surface area (TPSA) is 92.6 Å². The summed E-state index contributed by atoms with van der Waals surface area (Å²) in [6.45, 7) is 3.38. The van der Waals surface area contributed by atoms with Gasteiger partial charge in [-0.1, -0.05) is 48.0 Å². The number of carbonyl (C=O) groups is 1. The van der Waals surface area contributed by atoms with E-state index in [-0.39, 0.29) is 41.7 Å². The molecule has 1 saturated heterocycles. The van der Waals surface area contributed by atoms with Crippen LogP contribution >= 0.6 is 0 Å². The molecule has 1 aliphatic heterocycles. The highest BCUT2D eigenvalue weighted by molar-refractivity contribution is 7.89. The summed E-state index contributed by atoms with van der Waals surface area (Å²) in [5.74, 6) is -0.314. The SMILES string of the molecule is Cc1ccc(S(=O)(=O)N2CCCN(C(=O)c3ccc(=O)n(Cc4ccccc4)n3)CC2)cc1. The lowest BCUT2D eigenvalue weighted by molar-refractivity contribution is 0.0755. The van der Waals surface area contributed by atoms with Gasteiger partial charge in [-0.2, -0.15) is 9.40 Å². The van der Waals surface area contributed by atoms with Crippen molar-refractivity contribution < 1.29 is 13.2 Å². The number of amides is 1. The van der Waals surface area contributed by atoms with Crippen LogP contribution in [-0.4, -0.2) is 59.5 Å². The van der Waals surface area contributed by atoms with Crippen molar-refractivity contribution in [1.29, 1.82) is 0 Å². The third-order valence-corrected chi connectivity index (χ3v) is 7.57. The van der Waals surface area contributed by atoms with E-state index in [9.17, 15) is 18.0 Å². The van der Waals surface area contributed by atoms with Crippen LogP contribution in [0.5, 0.6) is 0 Å². The fourth-order valence-corrected chi connectivity index (χ4v) is 5.26. The summed E-state index contributed by atoms with van der Waals surface area (Å²) < 4.78 is 28.7. The summed E-state index contributed by atoms with van der Waals surface area (Å²) in [5, 5.41) is 4.28. The van der Waals surface area contributed by atoms with Crippen LogP contribution in [0.3, 0.4) is 0 Å². The first-order valence-corrected chi connectivity index (χ1v) is 12.3. The number of carbonyl (C=O) groups excluding carboxylic acids is 1. The smallest absolute Gasteiger partial charge is 0.274 e. The Morgan fingerprint density at radius 3 is 2.36 bits per heavy atom. The van der Waals surface area contributed by atoms with Crippen molar-refractivity contribution >= 4 is 15.9 Å². The highest BCUT2D eigenvalue weighted by Gasteiger charge is 2.29. The van der Waals surface area contributed by atoms with Gasteiger partial charge < -0.3 is 4.90 Å². The molecule has 1 aromatic heterocycles. The molecule has 0 spiro atoms. The summed E-state index contributed by atoms with van der Waals surface area (Å²) in [6, 6.07) is 19.0. The van der Waals surface area contributed by atoms with Gasteiger partial charge in [-0.15, -0.1) is 0 Å². The van der Waals surface area contributed by atoms with E-state index in [4.69, 9.17) is 0 Å². The van der Waals surface area contributed by atoms with Crippen LogP contribution in [-0.2, 0) is 16.6 Å². The largest absolute Gasteiger partial charge is 0.336 e. The second-order valence-electron chi connectivity index (χ2n) is 8.06. The van der Waals surface area contributed by atoms with Gasteiger partial charge in [-0.25, -0.2) is 13.1 Å². The molecule has 172 valence electrons. The molecule has 0 saturated carbocycles. The fraction of sp³-hybridized carbons (Fsp3) is 0.292. The van der Waals surface area contributed by atoms with E-state index in [0.717, 1.165) is 11.1 Å². The summed E-state index contributed by atoms with van der Waals surface area (Å²) in [6.07, 6.45) is 0.514. The molecule has 2 aromatic carbocycles. The normalized spacial score (nSPS) is 15.2. The summed E-state index contributed by atoms with van der Waals surface area (Å²) >= 11 is 0. The molecule has 33 heavy (non-hydrogen) atoms. The first-order chi connectivity index (χ1) is 15.8. The van der Waals surface area contributed by atoms with Gasteiger partial charge in [0.05, 0.1) is 11.4 Å². The lowest BCUT2D eigenvalue weighted by Gasteiger charge is -2.22. The van der Waals surface area contributed by atoms with Crippen LogP contribution < -0.4 is 5.56 Å². The zero-order valence-electron chi connectivity index (χ0n) is 18.4. The Labute approximate surface area is 193 Å². The van der Waals surface area contributed by atoms with Crippen LogP contribution in [0.4, 0.5) is 0 Å². The average molecular weight is 467 g/mol. The van der Waals surface area contributed by atoms with Crippen LogP contribution in [0.1, 0.15) is 28.0 Å². The predicted octanol–water partition coefficient (Wildman–Crippen LogP) is 2.14. The molecule has 0 unspecified atom stereocenters. The minimum Gasteiger partial charge on any atom is -0.336 e. The Bertz CT molecular complexity index is 1290. The number of sulfonamides is 1. The minimum absolute atomic E-state index is 0.167. The first kappa shape index (κ1) is 22.9. The molecule has 0 radical (unpaired) electrons. The molecule has 4 rings (SSSR count). The van der Waals surface area contributed by atoms with Crippen molar-refractivity contribution in [2.24, 2.45) is 0 Å². The van der Waals surface area contributed by atoms with Crippen LogP contribution in [0.15, 0.2) is 76.4 Å². The molecule has 8 nitrogen and oxygen atoms in total. The maximum Gasteiger partial charge on any atom is 0.274 e. The second-order valence-corrected chi connectivity index (χ2v) is 10.0. The molecule has 3 aromatic rings. The second kappa shape index (κ2) is 9.68. The van der Waals surface area contributed by atoms with Crippen molar-refractivity contribution in [2.45, 2.75) is 24.8 Å². The molecule has 1 fully saturated rings. The van der Waals surface area contributed by atoms with Gasteiger partial charge in [0.1, 0.15) is 5.69 Å². The Morgan fingerprint density at radius 2 is 1.64 bits per heavy atom. The van der Waals surface area contributed by atoms with Gasteiger partial charge >= 0.3 is 0 Å². The summed E-state index contributed by atoms with van der Waals surface area (Å²) in [5.41, 5.74) is 1.77. The Morgan fingerprint density at radius 1 is 0.909 bits per heavy atom. The van der Waals surface area contributed by atoms with Crippen molar-refractivity contribution in [2.75, 3.05) is 26.2 Å². The number of hydrogen-bond donors (Lipinski definition) is 0. The maximum absolute atomic E-state index is 13.1. The Balaban J connectivity index is 1.48. The molecule has 0 bridgehead atoms. The van der Waals surface area contributed by atoms with Gasteiger partial charge in [0.25, 0.3) is 11.5 Å². The van der Waals surface area contributed by atoms with E-state index < -0.39 is 10.0 Å². The Hall–Kier alpha value is -3.30. The van der Waals surface area contributed by atoms with Crippen molar-refractivity contribution in [3.05, 3.63) is 93.9 Å². The molecule has 0 atom stereocenters. The zero-order chi connectivity index (χ0) is 23.4. The predicted molar refractivity (Wildman–Crippen MR) is 124 cm³/mol. The molecule has 2 heterocycles. The molecule has 1 amide bonds. The van der Waals surface area contributed by atoms with Gasteiger partial charge in [0.15, 0.2) is 0 Å². The molecular formula is C24H26N4O4S. The third-order valence-electron chi connectivity index (χ3n) is 5.66. The number of hydrogen-bond acceptors (Lipinski definition) is 5. The molecule has 1 aliphatic rings. The Kier molecular flexibility index (Phi) is 6.71. The number of nitrogens with zero attached hydrogens (tertiary/aromatic N) is 4. The van der Waals surface area contributed by atoms with Crippen molar-refractivity contribution in [1.82, 2.24) is 19.0 Å². The fourth-order valence-electron chi connectivity index (χ4n) is 3.79.